The Morgan fingerprint density at radius 2 is 1.89 bits per heavy atom. The number of amides is 1. The minimum atomic E-state index is -3.34. The van der Waals surface area contributed by atoms with Crippen LogP contribution in [0.4, 0.5) is 5.69 Å². The molecule has 0 unspecified atom stereocenters. The fraction of sp³-hybridized carbons (Fsp3) is 0.364. The van der Waals surface area contributed by atoms with E-state index in [1.165, 1.54) is 0 Å². The highest BCUT2D eigenvalue weighted by molar-refractivity contribution is 9.10. The second-order valence-corrected chi connectivity index (χ2v) is 6.54. The summed E-state index contributed by atoms with van der Waals surface area (Å²) in [4.78, 5) is 11.5. The first-order valence-corrected chi connectivity index (χ1v) is 7.90. The van der Waals surface area contributed by atoms with Gasteiger partial charge in [-0.25, -0.2) is 13.1 Å². The highest BCUT2D eigenvalue weighted by atomic mass is 79.9. The van der Waals surface area contributed by atoms with Crippen molar-refractivity contribution in [2.24, 2.45) is 0 Å². The highest BCUT2D eigenvalue weighted by Gasteiger charge is 2.10. The van der Waals surface area contributed by atoms with Crippen LogP contribution < -0.4 is 10.0 Å². The van der Waals surface area contributed by atoms with Gasteiger partial charge in [0.1, 0.15) is 0 Å². The predicted molar refractivity (Wildman–Crippen MR) is 74.9 cm³/mol. The van der Waals surface area contributed by atoms with Gasteiger partial charge in [0, 0.05) is 10.2 Å². The third-order valence-electron chi connectivity index (χ3n) is 2.05. The Hall–Kier alpha value is -0.920. The number of halogens is 1. The zero-order chi connectivity index (χ0) is 13.6. The number of carbonyl (C=O) groups excluding carboxylic acids is 1. The molecule has 18 heavy (non-hydrogen) atoms. The normalized spacial score (nSPS) is 11.2. The molecule has 1 aromatic carbocycles. The molecule has 0 aliphatic heterocycles. The SMILES string of the molecule is CCCS(=O)(=O)NCC(=O)Nc1ccc(Br)cc1. The van der Waals surface area contributed by atoms with E-state index in [4.69, 9.17) is 0 Å². The topological polar surface area (TPSA) is 75.3 Å². The van der Waals surface area contributed by atoms with E-state index < -0.39 is 15.9 Å². The third-order valence-corrected chi connectivity index (χ3v) is 4.11. The summed E-state index contributed by atoms with van der Waals surface area (Å²) < 4.78 is 25.8. The van der Waals surface area contributed by atoms with Crippen LogP contribution >= 0.6 is 15.9 Å². The van der Waals surface area contributed by atoms with Gasteiger partial charge in [-0.1, -0.05) is 22.9 Å². The van der Waals surface area contributed by atoms with Gasteiger partial charge in [-0.2, -0.15) is 0 Å². The van der Waals surface area contributed by atoms with Crippen molar-refractivity contribution in [2.45, 2.75) is 13.3 Å². The van der Waals surface area contributed by atoms with E-state index in [1.807, 2.05) is 0 Å². The van der Waals surface area contributed by atoms with Crippen molar-refractivity contribution < 1.29 is 13.2 Å². The molecule has 0 aliphatic carbocycles. The molecule has 1 aromatic rings. The maximum Gasteiger partial charge on any atom is 0.239 e. The zero-order valence-corrected chi connectivity index (χ0v) is 12.3. The Bertz CT molecular complexity index is 500. The minimum absolute atomic E-state index is 0.0264. The van der Waals surface area contributed by atoms with E-state index >= 15 is 0 Å². The molecule has 0 saturated heterocycles. The van der Waals surface area contributed by atoms with Crippen molar-refractivity contribution in [3.05, 3.63) is 28.7 Å². The fourth-order valence-electron chi connectivity index (χ4n) is 1.25. The molecule has 0 saturated carbocycles. The molecule has 0 radical (unpaired) electrons. The van der Waals surface area contributed by atoms with Crippen molar-refractivity contribution in [1.29, 1.82) is 0 Å². The predicted octanol–water partition coefficient (Wildman–Crippen LogP) is 1.72. The van der Waals surface area contributed by atoms with Crippen LogP contribution in [0, 0.1) is 0 Å². The first-order chi connectivity index (χ1) is 8.43. The van der Waals surface area contributed by atoms with Crippen LogP contribution in [0.15, 0.2) is 28.7 Å². The second-order valence-electron chi connectivity index (χ2n) is 3.70. The Morgan fingerprint density at radius 1 is 1.28 bits per heavy atom. The van der Waals surface area contributed by atoms with Crippen molar-refractivity contribution >= 4 is 37.5 Å². The number of hydrogen-bond acceptors (Lipinski definition) is 3. The van der Waals surface area contributed by atoms with Gasteiger partial charge < -0.3 is 5.32 Å². The molecule has 0 atom stereocenters. The lowest BCUT2D eigenvalue weighted by Crippen LogP contribution is -2.34. The highest BCUT2D eigenvalue weighted by Crippen LogP contribution is 2.13. The molecule has 0 aliphatic rings. The van der Waals surface area contributed by atoms with Gasteiger partial charge in [0.2, 0.25) is 15.9 Å². The summed E-state index contributed by atoms with van der Waals surface area (Å²) in [5.41, 5.74) is 0.623. The quantitative estimate of drug-likeness (QED) is 0.831. The summed E-state index contributed by atoms with van der Waals surface area (Å²) >= 11 is 3.28. The van der Waals surface area contributed by atoms with Crippen LogP contribution in [0.2, 0.25) is 0 Å². The van der Waals surface area contributed by atoms with E-state index in [9.17, 15) is 13.2 Å². The molecule has 2 N–H and O–H groups in total. The van der Waals surface area contributed by atoms with Crippen molar-refractivity contribution in [2.75, 3.05) is 17.6 Å². The summed E-state index contributed by atoms with van der Waals surface area (Å²) in [6, 6.07) is 7.03. The standard InChI is InChI=1S/C11H15BrN2O3S/c1-2-7-18(16,17)13-8-11(15)14-10-5-3-9(12)4-6-10/h3-6,13H,2,7-8H2,1H3,(H,14,15). The van der Waals surface area contributed by atoms with Crippen LogP contribution in [0.5, 0.6) is 0 Å². The Balaban J connectivity index is 2.45. The summed E-state index contributed by atoms with van der Waals surface area (Å²) in [5, 5.41) is 2.60. The van der Waals surface area contributed by atoms with Gasteiger partial charge >= 0.3 is 0 Å². The number of rotatable bonds is 6. The monoisotopic (exact) mass is 334 g/mol. The number of hydrogen-bond donors (Lipinski definition) is 2. The number of carbonyl (C=O) groups is 1. The Labute approximate surface area is 115 Å². The van der Waals surface area contributed by atoms with E-state index in [1.54, 1.807) is 31.2 Å². The van der Waals surface area contributed by atoms with Gasteiger partial charge in [0.05, 0.1) is 12.3 Å². The second kappa shape index (κ2) is 6.86. The van der Waals surface area contributed by atoms with Crippen LogP contribution in [-0.4, -0.2) is 26.6 Å². The lowest BCUT2D eigenvalue weighted by atomic mass is 10.3. The van der Waals surface area contributed by atoms with Crippen LogP contribution in [-0.2, 0) is 14.8 Å². The lowest BCUT2D eigenvalue weighted by Gasteiger charge is -2.07. The summed E-state index contributed by atoms with van der Waals surface area (Å²) in [5.74, 6) is -0.365. The molecule has 1 rings (SSSR count). The molecule has 0 aromatic heterocycles. The van der Waals surface area contributed by atoms with Crippen LogP contribution in [0.1, 0.15) is 13.3 Å². The Kier molecular flexibility index (Phi) is 5.77. The maximum absolute atomic E-state index is 11.5. The van der Waals surface area contributed by atoms with Gasteiger partial charge in [0.25, 0.3) is 0 Å². The van der Waals surface area contributed by atoms with Crippen molar-refractivity contribution in [3.8, 4) is 0 Å². The van der Waals surface area contributed by atoms with Crippen LogP contribution in [0.3, 0.4) is 0 Å². The number of sulfonamides is 1. The molecule has 100 valence electrons. The average Bonchev–Trinajstić information content (AvgIpc) is 2.30. The van der Waals surface area contributed by atoms with Gasteiger partial charge in [-0.05, 0) is 30.7 Å². The van der Waals surface area contributed by atoms with Crippen molar-refractivity contribution in [1.82, 2.24) is 4.72 Å². The first kappa shape index (κ1) is 15.1. The number of benzene rings is 1. The molecule has 7 heteroatoms. The van der Waals surface area contributed by atoms with Gasteiger partial charge in [-0.3, -0.25) is 4.79 Å². The van der Waals surface area contributed by atoms with Crippen LogP contribution in [0.25, 0.3) is 0 Å². The van der Waals surface area contributed by atoms with Gasteiger partial charge in [0.15, 0.2) is 0 Å². The summed E-state index contributed by atoms with van der Waals surface area (Å²) in [6.07, 6.45) is 0.518. The van der Waals surface area contributed by atoms with Crippen molar-refractivity contribution in [3.63, 3.8) is 0 Å². The summed E-state index contributed by atoms with van der Waals surface area (Å²) in [6.45, 7) is 1.51. The largest absolute Gasteiger partial charge is 0.325 e. The lowest BCUT2D eigenvalue weighted by molar-refractivity contribution is -0.115. The molecule has 0 bridgehead atoms. The Morgan fingerprint density at radius 3 is 2.44 bits per heavy atom. The fourth-order valence-corrected chi connectivity index (χ4v) is 2.55. The average molecular weight is 335 g/mol. The molecular weight excluding hydrogens is 320 g/mol. The van der Waals surface area contributed by atoms with E-state index in [0.717, 1.165) is 4.47 Å². The molecule has 0 heterocycles. The molecule has 1 amide bonds. The molecule has 0 fully saturated rings. The number of anilines is 1. The number of nitrogens with one attached hydrogen (secondary N) is 2. The molecular formula is C11H15BrN2O3S. The third kappa shape index (κ3) is 5.61. The van der Waals surface area contributed by atoms with Gasteiger partial charge in [-0.15, -0.1) is 0 Å². The molecule has 0 spiro atoms. The smallest absolute Gasteiger partial charge is 0.239 e. The minimum Gasteiger partial charge on any atom is -0.325 e. The molecule has 5 nitrogen and oxygen atoms in total. The van der Waals surface area contributed by atoms with E-state index in [-0.39, 0.29) is 12.3 Å². The maximum atomic E-state index is 11.5. The zero-order valence-electron chi connectivity index (χ0n) is 9.94. The van der Waals surface area contributed by atoms with E-state index in [0.29, 0.717) is 12.1 Å². The summed E-state index contributed by atoms with van der Waals surface area (Å²) in [7, 11) is -3.34. The first-order valence-electron chi connectivity index (χ1n) is 5.45. The van der Waals surface area contributed by atoms with E-state index in [2.05, 4.69) is 26.0 Å².